The van der Waals surface area contributed by atoms with E-state index in [9.17, 15) is 12.8 Å². The van der Waals surface area contributed by atoms with E-state index in [-0.39, 0.29) is 17.1 Å². The van der Waals surface area contributed by atoms with Crippen LogP contribution in [0.25, 0.3) is 0 Å². The second-order valence-electron chi connectivity index (χ2n) is 4.10. The summed E-state index contributed by atoms with van der Waals surface area (Å²) in [7, 11) is -3.37. The van der Waals surface area contributed by atoms with Crippen LogP contribution in [0.2, 0.25) is 0 Å². The largest absolute Gasteiger partial charge is 0.451 e. The van der Waals surface area contributed by atoms with Gasteiger partial charge in [-0.25, -0.2) is 12.8 Å². The Morgan fingerprint density at radius 3 is 2.55 bits per heavy atom. The van der Waals surface area contributed by atoms with Gasteiger partial charge in [-0.05, 0) is 56.1 Å². The van der Waals surface area contributed by atoms with Crippen LogP contribution in [0.4, 0.5) is 10.1 Å². The van der Waals surface area contributed by atoms with Crippen LogP contribution >= 0.6 is 31.9 Å². The zero-order valence-electron chi connectivity index (χ0n) is 10.3. The first-order valence-corrected chi connectivity index (χ1v) is 8.92. The number of benzene rings is 1. The Labute approximate surface area is 132 Å². The molecule has 0 radical (unpaired) electrons. The molecule has 0 fully saturated rings. The van der Waals surface area contributed by atoms with Crippen LogP contribution in [-0.2, 0) is 16.4 Å². The van der Waals surface area contributed by atoms with Gasteiger partial charge in [-0.3, -0.25) is 0 Å². The minimum Gasteiger partial charge on any atom is -0.451 e. The lowest BCUT2D eigenvalue weighted by Crippen LogP contribution is -2.03. The monoisotopic (exact) mass is 425 g/mol. The molecule has 2 rings (SSSR count). The third-order valence-electron chi connectivity index (χ3n) is 2.52. The van der Waals surface area contributed by atoms with Crippen molar-refractivity contribution in [1.82, 2.24) is 0 Å². The molecule has 2 aromatic rings. The van der Waals surface area contributed by atoms with Crippen molar-refractivity contribution in [3.05, 3.63) is 45.0 Å². The molecule has 4 nitrogen and oxygen atoms in total. The van der Waals surface area contributed by atoms with E-state index in [1.165, 1.54) is 12.1 Å². The molecule has 0 saturated carbocycles. The van der Waals surface area contributed by atoms with Gasteiger partial charge in [0.1, 0.15) is 11.6 Å². The van der Waals surface area contributed by atoms with Gasteiger partial charge in [-0.2, -0.15) is 0 Å². The van der Waals surface area contributed by atoms with E-state index in [0.29, 0.717) is 10.4 Å². The molecule has 0 aliphatic carbocycles. The molecule has 0 unspecified atom stereocenters. The second kappa shape index (κ2) is 5.87. The standard InChI is InChI=1S/C12H10Br2FNO3S/c1-20(17,18)8-2-3-10(15)11(5-8)16-6-7-4-9(13)12(14)19-7/h2-5,16H,6H2,1H3. The molecule has 1 N–H and O–H groups in total. The predicted octanol–water partition coefficient (Wildman–Crippen LogP) is 3.96. The molecule has 0 amide bonds. The van der Waals surface area contributed by atoms with Gasteiger partial charge in [-0.15, -0.1) is 0 Å². The number of nitrogens with one attached hydrogen (secondary N) is 1. The van der Waals surface area contributed by atoms with Gasteiger partial charge >= 0.3 is 0 Å². The highest BCUT2D eigenvalue weighted by atomic mass is 79.9. The average molecular weight is 427 g/mol. The summed E-state index contributed by atoms with van der Waals surface area (Å²) in [6, 6.07) is 5.34. The van der Waals surface area contributed by atoms with Crippen LogP contribution < -0.4 is 5.32 Å². The third kappa shape index (κ3) is 3.62. The molecule has 0 saturated heterocycles. The first-order valence-electron chi connectivity index (χ1n) is 5.44. The average Bonchev–Trinajstić information content (AvgIpc) is 2.66. The molecule has 0 aliphatic rings. The van der Waals surface area contributed by atoms with Gasteiger partial charge in [0.2, 0.25) is 0 Å². The van der Waals surface area contributed by atoms with Crippen LogP contribution in [0.1, 0.15) is 5.76 Å². The summed E-state index contributed by atoms with van der Waals surface area (Å²) < 4.78 is 43.1. The van der Waals surface area contributed by atoms with Crippen molar-refractivity contribution in [3.8, 4) is 0 Å². The molecule has 1 aromatic carbocycles. The van der Waals surface area contributed by atoms with E-state index < -0.39 is 15.7 Å². The summed E-state index contributed by atoms with van der Waals surface area (Å²) >= 11 is 6.47. The summed E-state index contributed by atoms with van der Waals surface area (Å²) in [5.41, 5.74) is 0.108. The van der Waals surface area contributed by atoms with Crippen molar-refractivity contribution in [2.45, 2.75) is 11.4 Å². The van der Waals surface area contributed by atoms with E-state index in [2.05, 4.69) is 37.2 Å². The Hall–Kier alpha value is -0.860. The quantitative estimate of drug-likeness (QED) is 0.751. The highest BCUT2D eigenvalue weighted by molar-refractivity contribution is 9.13. The minimum absolute atomic E-state index is 0.0585. The maximum absolute atomic E-state index is 13.6. The van der Waals surface area contributed by atoms with Crippen LogP contribution in [0.3, 0.4) is 0 Å². The van der Waals surface area contributed by atoms with Crippen molar-refractivity contribution in [3.63, 3.8) is 0 Å². The van der Waals surface area contributed by atoms with Crippen molar-refractivity contribution < 1.29 is 17.2 Å². The van der Waals surface area contributed by atoms with Crippen LogP contribution in [0.15, 0.2) is 42.7 Å². The van der Waals surface area contributed by atoms with E-state index in [1.54, 1.807) is 6.07 Å². The first kappa shape index (κ1) is 15.5. The molecular weight excluding hydrogens is 417 g/mol. The fourth-order valence-electron chi connectivity index (χ4n) is 1.53. The molecule has 0 spiro atoms. The first-order chi connectivity index (χ1) is 9.27. The Kier molecular flexibility index (Phi) is 4.55. The van der Waals surface area contributed by atoms with Gasteiger partial charge in [0.25, 0.3) is 0 Å². The number of halogens is 3. The van der Waals surface area contributed by atoms with Gasteiger partial charge in [0.15, 0.2) is 14.5 Å². The number of hydrogen-bond donors (Lipinski definition) is 1. The molecule has 0 atom stereocenters. The van der Waals surface area contributed by atoms with Crippen LogP contribution in [0, 0.1) is 5.82 Å². The molecular formula is C12H10Br2FNO3S. The fraction of sp³-hybridized carbons (Fsp3) is 0.167. The van der Waals surface area contributed by atoms with Crippen molar-refractivity contribution in [1.29, 1.82) is 0 Å². The Bertz CT molecular complexity index is 724. The van der Waals surface area contributed by atoms with E-state index >= 15 is 0 Å². The Morgan fingerprint density at radius 1 is 1.30 bits per heavy atom. The number of sulfone groups is 1. The number of rotatable bonds is 4. The normalized spacial score (nSPS) is 11.6. The zero-order chi connectivity index (χ0) is 14.9. The lowest BCUT2D eigenvalue weighted by Gasteiger charge is -2.07. The predicted molar refractivity (Wildman–Crippen MR) is 80.9 cm³/mol. The maximum atomic E-state index is 13.6. The van der Waals surface area contributed by atoms with Gasteiger partial charge in [0.05, 0.1) is 21.6 Å². The van der Waals surface area contributed by atoms with Crippen LogP contribution in [0.5, 0.6) is 0 Å². The van der Waals surface area contributed by atoms with E-state index in [0.717, 1.165) is 16.8 Å². The van der Waals surface area contributed by atoms with Crippen molar-refractivity contribution in [2.75, 3.05) is 11.6 Å². The topological polar surface area (TPSA) is 59.3 Å². The molecule has 0 aliphatic heterocycles. The number of anilines is 1. The van der Waals surface area contributed by atoms with Gasteiger partial charge in [0, 0.05) is 6.26 Å². The van der Waals surface area contributed by atoms with E-state index in [1.807, 2.05) is 0 Å². The molecule has 108 valence electrons. The summed E-state index contributed by atoms with van der Waals surface area (Å²) in [6.07, 6.45) is 1.07. The smallest absolute Gasteiger partial charge is 0.183 e. The third-order valence-corrected chi connectivity index (χ3v) is 5.34. The number of furan rings is 1. The van der Waals surface area contributed by atoms with Crippen LogP contribution in [-0.4, -0.2) is 14.7 Å². The SMILES string of the molecule is CS(=O)(=O)c1ccc(F)c(NCc2cc(Br)c(Br)o2)c1. The lowest BCUT2D eigenvalue weighted by molar-refractivity contribution is 0.493. The molecule has 0 bridgehead atoms. The van der Waals surface area contributed by atoms with Gasteiger partial charge < -0.3 is 9.73 Å². The summed E-state index contributed by atoms with van der Waals surface area (Å²) in [5.74, 6) is 0.0509. The van der Waals surface area contributed by atoms with E-state index in [4.69, 9.17) is 4.42 Å². The number of hydrogen-bond acceptors (Lipinski definition) is 4. The molecule has 1 aromatic heterocycles. The summed E-state index contributed by atoms with van der Waals surface area (Å²) in [4.78, 5) is 0.0585. The second-order valence-corrected chi connectivity index (χ2v) is 7.69. The highest BCUT2D eigenvalue weighted by Crippen LogP contribution is 2.27. The Morgan fingerprint density at radius 2 is 2.00 bits per heavy atom. The molecule has 1 heterocycles. The van der Waals surface area contributed by atoms with Crippen molar-refractivity contribution >= 4 is 47.4 Å². The molecule has 8 heteroatoms. The Balaban J connectivity index is 2.21. The minimum atomic E-state index is -3.37. The molecule has 20 heavy (non-hydrogen) atoms. The van der Waals surface area contributed by atoms with Gasteiger partial charge in [-0.1, -0.05) is 0 Å². The summed E-state index contributed by atoms with van der Waals surface area (Å²) in [5, 5.41) is 2.81. The lowest BCUT2D eigenvalue weighted by atomic mass is 10.3. The zero-order valence-corrected chi connectivity index (χ0v) is 14.3. The maximum Gasteiger partial charge on any atom is 0.183 e. The van der Waals surface area contributed by atoms with Crippen molar-refractivity contribution in [2.24, 2.45) is 0 Å². The highest BCUT2D eigenvalue weighted by Gasteiger charge is 2.12. The summed E-state index contributed by atoms with van der Waals surface area (Å²) in [6.45, 7) is 0.230. The fourth-order valence-corrected chi connectivity index (χ4v) is 2.84.